The Morgan fingerprint density at radius 2 is 1.86 bits per heavy atom. The highest BCUT2D eigenvalue weighted by atomic mass is 32.2. The second-order valence-corrected chi connectivity index (χ2v) is 9.06. The molecule has 0 aliphatic carbocycles. The number of sulfonamides is 1. The largest absolute Gasteiger partial charge is 0.496 e. The molecule has 1 unspecified atom stereocenters. The summed E-state index contributed by atoms with van der Waals surface area (Å²) in [5.74, 6) is 0.469. The van der Waals surface area contributed by atoms with Gasteiger partial charge in [-0.25, -0.2) is 12.7 Å². The Morgan fingerprint density at radius 1 is 1.18 bits per heavy atom. The molecule has 0 saturated carbocycles. The van der Waals surface area contributed by atoms with Crippen LogP contribution >= 0.6 is 0 Å². The topological polar surface area (TPSA) is 75.7 Å². The third kappa shape index (κ3) is 5.11. The molecule has 0 saturated heterocycles. The standard InChI is InChI=1S/C21H28N2O4S/c1-15-8-6-7-9-19(15)16(2)22-21(24)13-10-17-14-18(11-12-20(17)27-5)28(25,26)23(3)4/h6-9,11-12,14,16H,10,13H2,1-5H3,(H,22,24). The van der Waals surface area contributed by atoms with Crippen molar-refractivity contribution in [1.29, 1.82) is 0 Å². The molecular weight excluding hydrogens is 376 g/mol. The van der Waals surface area contributed by atoms with E-state index >= 15 is 0 Å². The van der Waals surface area contributed by atoms with Crippen LogP contribution < -0.4 is 10.1 Å². The Hall–Kier alpha value is -2.38. The summed E-state index contributed by atoms with van der Waals surface area (Å²) in [6.07, 6.45) is 0.615. The van der Waals surface area contributed by atoms with Crippen LogP contribution in [-0.2, 0) is 21.2 Å². The summed E-state index contributed by atoms with van der Waals surface area (Å²) in [6, 6.07) is 12.5. The molecular formula is C21H28N2O4S. The van der Waals surface area contributed by atoms with Gasteiger partial charge in [-0.1, -0.05) is 24.3 Å². The predicted molar refractivity (Wildman–Crippen MR) is 110 cm³/mol. The lowest BCUT2D eigenvalue weighted by Gasteiger charge is -2.17. The van der Waals surface area contributed by atoms with Crippen LogP contribution in [0, 0.1) is 6.92 Å². The van der Waals surface area contributed by atoms with Crippen molar-refractivity contribution >= 4 is 15.9 Å². The number of amides is 1. The van der Waals surface area contributed by atoms with Crippen molar-refractivity contribution in [1.82, 2.24) is 9.62 Å². The van der Waals surface area contributed by atoms with E-state index in [0.29, 0.717) is 17.7 Å². The fraction of sp³-hybridized carbons (Fsp3) is 0.381. The molecule has 0 radical (unpaired) electrons. The highest BCUT2D eigenvalue weighted by Crippen LogP contribution is 2.25. The Kier molecular flexibility index (Phi) is 7.21. The lowest BCUT2D eigenvalue weighted by Crippen LogP contribution is -2.27. The zero-order valence-electron chi connectivity index (χ0n) is 17.0. The van der Waals surface area contributed by atoms with E-state index in [1.54, 1.807) is 12.1 Å². The fourth-order valence-corrected chi connectivity index (χ4v) is 3.99. The normalized spacial score (nSPS) is 12.6. The lowest BCUT2D eigenvalue weighted by molar-refractivity contribution is -0.121. The maximum absolute atomic E-state index is 12.4. The van der Waals surface area contributed by atoms with Crippen LogP contribution in [0.15, 0.2) is 47.4 Å². The van der Waals surface area contributed by atoms with E-state index < -0.39 is 10.0 Å². The second-order valence-electron chi connectivity index (χ2n) is 6.91. The van der Waals surface area contributed by atoms with Gasteiger partial charge in [0, 0.05) is 20.5 Å². The zero-order valence-corrected chi connectivity index (χ0v) is 17.8. The SMILES string of the molecule is COc1ccc(S(=O)(=O)N(C)C)cc1CCC(=O)NC(C)c1ccccc1C. The average Bonchev–Trinajstić information content (AvgIpc) is 2.66. The Labute approximate surface area is 167 Å². The number of ether oxygens (including phenoxy) is 1. The van der Waals surface area contributed by atoms with Gasteiger partial charge in [0.15, 0.2) is 0 Å². The lowest BCUT2D eigenvalue weighted by atomic mass is 10.0. The Balaban J connectivity index is 2.10. The van der Waals surface area contributed by atoms with Crippen LogP contribution in [0.3, 0.4) is 0 Å². The third-order valence-corrected chi connectivity index (χ3v) is 6.50. The third-order valence-electron chi connectivity index (χ3n) is 4.68. The van der Waals surface area contributed by atoms with Crippen LogP contribution in [0.1, 0.15) is 36.1 Å². The second kappa shape index (κ2) is 9.21. The van der Waals surface area contributed by atoms with Gasteiger partial charge in [-0.05, 0) is 55.2 Å². The molecule has 2 rings (SSSR count). The molecule has 0 heterocycles. The van der Waals surface area contributed by atoms with Crippen molar-refractivity contribution in [2.24, 2.45) is 0 Å². The van der Waals surface area contributed by atoms with E-state index in [0.717, 1.165) is 15.4 Å². The van der Waals surface area contributed by atoms with Crippen molar-refractivity contribution in [3.8, 4) is 5.75 Å². The molecule has 1 amide bonds. The van der Waals surface area contributed by atoms with Gasteiger partial charge in [0.25, 0.3) is 0 Å². The number of benzene rings is 2. The zero-order chi connectivity index (χ0) is 20.9. The van der Waals surface area contributed by atoms with Crippen LogP contribution in [-0.4, -0.2) is 39.8 Å². The number of nitrogens with zero attached hydrogens (tertiary/aromatic N) is 1. The first-order valence-electron chi connectivity index (χ1n) is 9.11. The van der Waals surface area contributed by atoms with E-state index in [2.05, 4.69) is 5.32 Å². The number of nitrogens with one attached hydrogen (secondary N) is 1. The van der Waals surface area contributed by atoms with E-state index in [-0.39, 0.29) is 23.3 Å². The first kappa shape index (κ1) is 21.9. The fourth-order valence-electron chi connectivity index (χ4n) is 3.03. The molecule has 0 fully saturated rings. The molecule has 0 bridgehead atoms. The molecule has 0 aliphatic heterocycles. The van der Waals surface area contributed by atoms with E-state index in [9.17, 15) is 13.2 Å². The predicted octanol–water partition coefficient (Wildman–Crippen LogP) is 3.06. The monoisotopic (exact) mass is 404 g/mol. The molecule has 1 N–H and O–H groups in total. The molecule has 2 aromatic carbocycles. The minimum Gasteiger partial charge on any atom is -0.496 e. The average molecular weight is 405 g/mol. The molecule has 7 heteroatoms. The van der Waals surface area contributed by atoms with Crippen molar-refractivity contribution in [2.75, 3.05) is 21.2 Å². The van der Waals surface area contributed by atoms with Gasteiger partial charge >= 0.3 is 0 Å². The number of hydrogen-bond acceptors (Lipinski definition) is 4. The van der Waals surface area contributed by atoms with E-state index in [4.69, 9.17) is 4.74 Å². The minimum absolute atomic E-state index is 0.0984. The quantitative estimate of drug-likeness (QED) is 0.734. The van der Waals surface area contributed by atoms with Gasteiger partial charge in [0.05, 0.1) is 18.0 Å². The minimum atomic E-state index is -3.55. The first-order valence-corrected chi connectivity index (χ1v) is 10.5. The first-order chi connectivity index (χ1) is 13.2. The molecule has 28 heavy (non-hydrogen) atoms. The van der Waals surface area contributed by atoms with Crippen molar-refractivity contribution in [3.05, 3.63) is 59.2 Å². The highest BCUT2D eigenvalue weighted by Gasteiger charge is 2.19. The molecule has 0 aliphatic rings. The molecule has 6 nitrogen and oxygen atoms in total. The van der Waals surface area contributed by atoms with Crippen LogP contribution in [0.4, 0.5) is 0 Å². The smallest absolute Gasteiger partial charge is 0.242 e. The van der Waals surface area contributed by atoms with E-state index in [1.165, 1.54) is 27.3 Å². The van der Waals surface area contributed by atoms with Crippen LogP contribution in [0.5, 0.6) is 5.75 Å². The number of aryl methyl sites for hydroxylation is 2. The summed E-state index contributed by atoms with van der Waals surface area (Å²) in [5.41, 5.74) is 2.88. The molecule has 152 valence electrons. The number of carbonyl (C=O) groups is 1. The summed E-state index contributed by atoms with van der Waals surface area (Å²) < 4.78 is 31.2. The Morgan fingerprint density at radius 3 is 2.46 bits per heavy atom. The summed E-state index contributed by atoms with van der Waals surface area (Å²) in [5, 5.41) is 3.00. The molecule has 2 aromatic rings. The maximum atomic E-state index is 12.4. The van der Waals surface area contributed by atoms with Gasteiger partial charge in [-0.3, -0.25) is 4.79 Å². The summed E-state index contributed by atoms with van der Waals surface area (Å²) >= 11 is 0. The van der Waals surface area contributed by atoms with Gasteiger partial charge in [-0.2, -0.15) is 0 Å². The van der Waals surface area contributed by atoms with Gasteiger partial charge in [0.2, 0.25) is 15.9 Å². The van der Waals surface area contributed by atoms with Crippen molar-refractivity contribution in [3.63, 3.8) is 0 Å². The molecule has 1 atom stereocenters. The number of rotatable bonds is 8. The van der Waals surface area contributed by atoms with Crippen molar-refractivity contribution < 1.29 is 17.9 Å². The van der Waals surface area contributed by atoms with E-state index in [1.807, 2.05) is 38.1 Å². The maximum Gasteiger partial charge on any atom is 0.242 e. The molecule has 0 aromatic heterocycles. The van der Waals surface area contributed by atoms with Crippen LogP contribution in [0.2, 0.25) is 0 Å². The number of methoxy groups -OCH3 is 1. The van der Waals surface area contributed by atoms with Gasteiger partial charge < -0.3 is 10.1 Å². The summed E-state index contributed by atoms with van der Waals surface area (Å²) in [6.45, 7) is 3.96. The summed E-state index contributed by atoms with van der Waals surface area (Å²) in [4.78, 5) is 12.6. The highest BCUT2D eigenvalue weighted by molar-refractivity contribution is 7.89. The number of carbonyl (C=O) groups excluding carboxylic acids is 1. The van der Waals surface area contributed by atoms with Gasteiger partial charge in [-0.15, -0.1) is 0 Å². The number of hydrogen-bond donors (Lipinski definition) is 1. The van der Waals surface area contributed by atoms with Crippen molar-refractivity contribution in [2.45, 2.75) is 37.6 Å². The van der Waals surface area contributed by atoms with Crippen LogP contribution in [0.25, 0.3) is 0 Å². The molecule has 0 spiro atoms. The van der Waals surface area contributed by atoms with Gasteiger partial charge in [0.1, 0.15) is 5.75 Å². The Bertz CT molecular complexity index is 939. The summed E-state index contributed by atoms with van der Waals surface area (Å²) in [7, 11) is 0.953.